The highest BCUT2D eigenvalue weighted by molar-refractivity contribution is 14.0. The molecule has 0 saturated carbocycles. The van der Waals surface area contributed by atoms with Gasteiger partial charge in [-0.3, -0.25) is 0 Å². The molecule has 0 radical (unpaired) electrons. The normalized spacial score (nSPS) is 12.4. The Kier molecular flexibility index (Phi) is 9.22. The molecule has 9 heteroatoms. The summed E-state index contributed by atoms with van der Waals surface area (Å²) < 4.78 is 11.8. The molecule has 3 aromatic rings. The lowest BCUT2D eigenvalue weighted by molar-refractivity contribution is 0.336. The van der Waals surface area contributed by atoms with Crippen molar-refractivity contribution in [3.63, 3.8) is 0 Å². The molecule has 0 aliphatic rings. The highest BCUT2D eigenvalue weighted by Gasteiger charge is 2.15. The molecule has 0 bridgehead atoms. The molecule has 2 heterocycles. The van der Waals surface area contributed by atoms with Gasteiger partial charge in [0, 0.05) is 31.4 Å². The summed E-state index contributed by atoms with van der Waals surface area (Å²) in [7, 11) is 3.98. The molecule has 7 nitrogen and oxygen atoms in total. The van der Waals surface area contributed by atoms with E-state index in [1.807, 2.05) is 62.5 Å². The van der Waals surface area contributed by atoms with Crippen molar-refractivity contribution in [2.45, 2.75) is 33.4 Å². The van der Waals surface area contributed by atoms with Gasteiger partial charge >= 0.3 is 0 Å². The molecule has 30 heavy (non-hydrogen) atoms. The Morgan fingerprint density at radius 2 is 2.13 bits per heavy atom. The third-order valence-corrected chi connectivity index (χ3v) is 5.33. The lowest BCUT2D eigenvalue weighted by Crippen LogP contribution is -2.38. The number of aromatic nitrogens is 1. The van der Waals surface area contributed by atoms with Crippen molar-refractivity contribution in [2.75, 3.05) is 32.1 Å². The van der Waals surface area contributed by atoms with E-state index in [-0.39, 0.29) is 30.0 Å². The van der Waals surface area contributed by atoms with Gasteiger partial charge in [0.15, 0.2) is 22.4 Å². The number of hydrogen-bond donors (Lipinski definition) is 2. The van der Waals surface area contributed by atoms with Crippen LogP contribution >= 0.6 is 35.3 Å². The van der Waals surface area contributed by atoms with E-state index in [1.165, 1.54) is 0 Å². The number of fused-ring (bicyclic) bond motifs is 1. The van der Waals surface area contributed by atoms with Crippen LogP contribution in [0.5, 0.6) is 5.75 Å². The second-order valence-electron chi connectivity index (χ2n) is 6.83. The van der Waals surface area contributed by atoms with Gasteiger partial charge in [-0.2, -0.15) is 0 Å². The largest absolute Gasteiger partial charge is 0.490 e. The van der Waals surface area contributed by atoms with Crippen molar-refractivity contribution in [3.8, 4) is 5.75 Å². The minimum absolute atomic E-state index is 0. The summed E-state index contributed by atoms with van der Waals surface area (Å²) in [5.41, 5.74) is 1.73. The van der Waals surface area contributed by atoms with Gasteiger partial charge in [0.25, 0.3) is 0 Å². The maximum atomic E-state index is 6.10. The average molecular weight is 543 g/mol. The summed E-state index contributed by atoms with van der Waals surface area (Å²) in [6.45, 7) is 7.96. The van der Waals surface area contributed by atoms with E-state index in [4.69, 9.17) is 9.15 Å². The maximum Gasteiger partial charge on any atom is 0.192 e. The lowest BCUT2D eigenvalue weighted by atomic mass is 10.2. The Morgan fingerprint density at radius 3 is 2.80 bits per heavy atom. The van der Waals surface area contributed by atoms with Gasteiger partial charge in [0.1, 0.15) is 5.76 Å². The SMILES string of the molecule is CCNC(=NCc1csc(N(C)C)n1)NC(C)c1cc2cccc(OCC)c2o1.I. The van der Waals surface area contributed by atoms with Crippen molar-refractivity contribution in [1.29, 1.82) is 0 Å². The molecular formula is C21H30IN5O2S. The van der Waals surface area contributed by atoms with Gasteiger partial charge in [-0.25, -0.2) is 9.98 Å². The van der Waals surface area contributed by atoms with E-state index in [2.05, 4.69) is 27.5 Å². The quantitative estimate of drug-likeness (QED) is 0.242. The van der Waals surface area contributed by atoms with E-state index in [1.54, 1.807) is 11.3 Å². The van der Waals surface area contributed by atoms with Crippen molar-refractivity contribution < 1.29 is 9.15 Å². The number of aliphatic imine (C=N–C) groups is 1. The van der Waals surface area contributed by atoms with Crippen molar-refractivity contribution in [2.24, 2.45) is 4.99 Å². The average Bonchev–Trinajstić information content (AvgIpc) is 3.34. The number of nitrogens with zero attached hydrogens (tertiary/aromatic N) is 3. The molecule has 1 unspecified atom stereocenters. The molecule has 0 fully saturated rings. The van der Waals surface area contributed by atoms with Crippen LogP contribution in [0.25, 0.3) is 11.0 Å². The monoisotopic (exact) mass is 543 g/mol. The molecular weight excluding hydrogens is 513 g/mol. The van der Waals surface area contributed by atoms with Gasteiger partial charge in [-0.05, 0) is 32.9 Å². The molecule has 0 amide bonds. The number of ether oxygens (including phenoxy) is 1. The van der Waals surface area contributed by atoms with Crippen molar-refractivity contribution in [3.05, 3.63) is 41.1 Å². The van der Waals surface area contributed by atoms with Gasteiger partial charge in [-0.15, -0.1) is 35.3 Å². The third kappa shape index (κ3) is 6.00. The second-order valence-corrected chi connectivity index (χ2v) is 7.67. The number of para-hydroxylation sites is 1. The van der Waals surface area contributed by atoms with E-state index < -0.39 is 0 Å². The summed E-state index contributed by atoms with van der Waals surface area (Å²) in [5.74, 6) is 2.33. The minimum atomic E-state index is -0.0533. The Bertz CT molecular complexity index is 969. The Labute approximate surface area is 198 Å². The number of thiazole rings is 1. The van der Waals surface area contributed by atoms with Crippen molar-refractivity contribution >= 4 is 57.4 Å². The molecule has 0 spiro atoms. The van der Waals surface area contributed by atoms with Crippen LogP contribution < -0.4 is 20.3 Å². The van der Waals surface area contributed by atoms with Crippen LogP contribution in [0.3, 0.4) is 0 Å². The van der Waals surface area contributed by atoms with Gasteiger partial charge < -0.3 is 24.7 Å². The van der Waals surface area contributed by atoms with Gasteiger partial charge in [0.2, 0.25) is 0 Å². The van der Waals surface area contributed by atoms with Crippen LogP contribution in [-0.2, 0) is 6.54 Å². The highest BCUT2D eigenvalue weighted by Crippen LogP contribution is 2.31. The van der Waals surface area contributed by atoms with Crippen LogP contribution in [0, 0.1) is 0 Å². The number of anilines is 1. The van der Waals surface area contributed by atoms with Crippen LogP contribution in [0.1, 0.15) is 38.3 Å². The van der Waals surface area contributed by atoms with Crippen molar-refractivity contribution in [1.82, 2.24) is 15.6 Å². The first-order chi connectivity index (χ1) is 14.0. The number of hydrogen-bond acceptors (Lipinski definition) is 6. The number of rotatable bonds is 8. The predicted octanol–water partition coefficient (Wildman–Crippen LogP) is 4.79. The molecule has 3 rings (SSSR count). The fourth-order valence-corrected chi connectivity index (χ4v) is 3.62. The lowest BCUT2D eigenvalue weighted by Gasteiger charge is -2.16. The van der Waals surface area contributed by atoms with Crippen LogP contribution in [0.2, 0.25) is 0 Å². The first-order valence-corrected chi connectivity index (χ1v) is 10.7. The molecule has 2 N–H and O–H groups in total. The Hall–Kier alpha value is -2.01. The topological polar surface area (TPSA) is 74.9 Å². The zero-order valence-electron chi connectivity index (χ0n) is 18.1. The minimum Gasteiger partial charge on any atom is -0.490 e. The number of guanidine groups is 1. The summed E-state index contributed by atoms with van der Waals surface area (Å²) in [6, 6.07) is 7.93. The smallest absolute Gasteiger partial charge is 0.192 e. The zero-order chi connectivity index (χ0) is 20.8. The van der Waals surface area contributed by atoms with Crippen LogP contribution in [0.15, 0.2) is 39.1 Å². The molecule has 1 atom stereocenters. The Balaban J connectivity index is 0.00000320. The first kappa shape index (κ1) is 24.3. The predicted molar refractivity (Wildman–Crippen MR) is 136 cm³/mol. The fraction of sp³-hybridized carbons (Fsp3) is 0.429. The standard InChI is InChI=1S/C21H29N5O2S.HI/c1-6-22-20(23-12-16-13-29-21(25-16)26(4)5)24-14(3)18-11-15-9-8-10-17(27-7-2)19(15)28-18;/h8-11,13-14H,6-7,12H2,1-5H3,(H2,22,23,24);1H. The third-order valence-electron chi connectivity index (χ3n) is 4.27. The molecule has 0 aliphatic heterocycles. The number of benzene rings is 1. The first-order valence-electron chi connectivity index (χ1n) is 9.83. The fourth-order valence-electron chi connectivity index (χ4n) is 2.87. The number of furan rings is 1. The summed E-state index contributed by atoms with van der Waals surface area (Å²) >= 11 is 1.62. The molecule has 2 aromatic heterocycles. The molecule has 164 valence electrons. The van der Waals surface area contributed by atoms with Crippen LogP contribution in [-0.4, -0.2) is 38.2 Å². The van der Waals surface area contributed by atoms with E-state index >= 15 is 0 Å². The van der Waals surface area contributed by atoms with E-state index in [0.717, 1.165) is 45.8 Å². The second kappa shape index (κ2) is 11.4. The zero-order valence-corrected chi connectivity index (χ0v) is 21.2. The summed E-state index contributed by atoms with van der Waals surface area (Å²) in [4.78, 5) is 11.3. The van der Waals surface area contributed by atoms with Gasteiger partial charge in [0.05, 0.1) is 24.9 Å². The molecule has 0 aliphatic carbocycles. The number of halogens is 1. The highest BCUT2D eigenvalue weighted by atomic mass is 127. The Morgan fingerprint density at radius 1 is 1.33 bits per heavy atom. The molecule has 0 saturated heterocycles. The van der Waals surface area contributed by atoms with E-state index in [9.17, 15) is 0 Å². The van der Waals surface area contributed by atoms with Crippen LogP contribution in [0.4, 0.5) is 5.13 Å². The summed E-state index contributed by atoms with van der Waals surface area (Å²) in [5, 5.41) is 10.8. The maximum absolute atomic E-state index is 6.10. The number of nitrogens with one attached hydrogen (secondary N) is 2. The van der Waals surface area contributed by atoms with E-state index in [0.29, 0.717) is 13.2 Å². The van der Waals surface area contributed by atoms with Gasteiger partial charge in [-0.1, -0.05) is 12.1 Å². The molecule has 1 aromatic carbocycles. The summed E-state index contributed by atoms with van der Waals surface area (Å²) in [6.07, 6.45) is 0.